The minimum absolute atomic E-state index is 0.146. The molecule has 0 radical (unpaired) electrons. The maximum Gasteiger partial charge on any atom is 0.311 e. The molecule has 1 aliphatic rings. The van der Waals surface area contributed by atoms with Crippen LogP contribution in [0.1, 0.15) is 44.4 Å². The summed E-state index contributed by atoms with van der Waals surface area (Å²) in [5, 5.41) is 0. The Balaban J connectivity index is 1.68. The van der Waals surface area contributed by atoms with Crippen LogP contribution < -0.4 is 0 Å². The van der Waals surface area contributed by atoms with Crippen LogP contribution >= 0.6 is 0 Å². The topological polar surface area (TPSA) is 35.5 Å². The molecule has 0 aliphatic heterocycles. The molecular formula is C16H22O3. The van der Waals surface area contributed by atoms with Crippen molar-refractivity contribution in [3.63, 3.8) is 0 Å². The van der Waals surface area contributed by atoms with Crippen molar-refractivity contribution in [1.29, 1.82) is 0 Å². The van der Waals surface area contributed by atoms with Gasteiger partial charge in [-0.05, 0) is 31.4 Å². The number of hydrogen-bond donors (Lipinski definition) is 0. The molecule has 1 aromatic carbocycles. The Morgan fingerprint density at radius 2 is 2.05 bits per heavy atom. The third-order valence-corrected chi connectivity index (χ3v) is 3.88. The average molecular weight is 262 g/mol. The van der Waals surface area contributed by atoms with E-state index in [0.717, 1.165) is 12.8 Å². The Hall–Kier alpha value is -1.35. The molecule has 2 rings (SSSR count). The van der Waals surface area contributed by atoms with Gasteiger partial charge in [0.1, 0.15) is 6.61 Å². The van der Waals surface area contributed by atoms with Crippen LogP contribution in [0.15, 0.2) is 24.3 Å². The van der Waals surface area contributed by atoms with E-state index in [1.807, 2.05) is 32.9 Å². The summed E-state index contributed by atoms with van der Waals surface area (Å²) in [4.78, 5) is 11.7. The van der Waals surface area contributed by atoms with Crippen molar-refractivity contribution in [3.05, 3.63) is 35.4 Å². The summed E-state index contributed by atoms with van der Waals surface area (Å²) in [6.45, 7) is 6.59. The maximum absolute atomic E-state index is 11.7. The maximum atomic E-state index is 11.7. The molecule has 1 unspecified atom stereocenters. The minimum atomic E-state index is -0.400. The van der Waals surface area contributed by atoms with E-state index in [1.54, 1.807) is 0 Å². The second kappa shape index (κ2) is 5.74. The van der Waals surface area contributed by atoms with Crippen molar-refractivity contribution in [3.8, 4) is 0 Å². The molecule has 1 aromatic rings. The van der Waals surface area contributed by atoms with E-state index >= 15 is 0 Å². The van der Waals surface area contributed by atoms with E-state index in [2.05, 4.69) is 12.1 Å². The van der Waals surface area contributed by atoms with Gasteiger partial charge >= 0.3 is 5.97 Å². The van der Waals surface area contributed by atoms with Gasteiger partial charge in [0, 0.05) is 6.42 Å². The average Bonchev–Trinajstić information content (AvgIpc) is 2.38. The molecule has 0 saturated carbocycles. The van der Waals surface area contributed by atoms with Crippen molar-refractivity contribution < 1.29 is 14.3 Å². The fourth-order valence-electron chi connectivity index (χ4n) is 2.03. The van der Waals surface area contributed by atoms with Crippen molar-refractivity contribution in [1.82, 2.24) is 0 Å². The summed E-state index contributed by atoms with van der Waals surface area (Å²) >= 11 is 0. The van der Waals surface area contributed by atoms with Gasteiger partial charge in [-0.25, -0.2) is 0 Å². The largest absolute Gasteiger partial charge is 0.463 e. The summed E-state index contributed by atoms with van der Waals surface area (Å²) in [6, 6.07) is 8.29. The summed E-state index contributed by atoms with van der Waals surface area (Å²) in [6.07, 6.45) is 1.92. The highest BCUT2D eigenvalue weighted by molar-refractivity contribution is 5.75. The zero-order valence-corrected chi connectivity index (χ0v) is 11.9. The van der Waals surface area contributed by atoms with Crippen LogP contribution in [-0.4, -0.2) is 19.2 Å². The third-order valence-electron chi connectivity index (χ3n) is 3.88. The number of fused-ring (bicyclic) bond motifs is 1. The van der Waals surface area contributed by atoms with Gasteiger partial charge in [0.25, 0.3) is 0 Å². The van der Waals surface area contributed by atoms with Gasteiger partial charge < -0.3 is 9.47 Å². The van der Waals surface area contributed by atoms with Gasteiger partial charge in [0.2, 0.25) is 0 Å². The van der Waals surface area contributed by atoms with Gasteiger partial charge in [-0.3, -0.25) is 4.79 Å². The van der Waals surface area contributed by atoms with E-state index in [9.17, 15) is 4.79 Å². The van der Waals surface area contributed by atoms with Crippen LogP contribution in [0.2, 0.25) is 0 Å². The first-order chi connectivity index (χ1) is 9.04. The first-order valence-electron chi connectivity index (χ1n) is 6.91. The van der Waals surface area contributed by atoms with Crippen molar-refractivity contribution >= 4 is 5.97 Å². The van der Waals surface area contributed by atoms with Crippen LogP contribution in [0.25, 0.3) is 0 Å². The highest BCUT2D eigenvalue weighted by atomic mass is 16.6. The predicted octanol–water partition coefficient (Wildman–Crippen LogP) is 3.28. The van der Waals surface area contributed by atoms with E-state index in [0.29, 0.717) is 13.2 Å². The zero-order chi connectivity index (χ0) is 13.9. The number of carbonyl (C=O) groups is 1. The van der Waals surface area contributed by atoms with E-state index < -0.39 is 5.41 Å². The lowest BCUT2D eigenvalue weighted by atomic mass is 9.85. The molecule has 3 nitrogen and oxygen atoms in total. The Morgan fingerprint density at radius 1 is 1.32 bits per heavy atom. The van der Waals surface area contributed by atoms with Crippen molar-refractivity contribution in [2.45, 2.75) is 39.7 Å². The molecule has 0 bridgehead atoms. The number of carbonyl (C=O) groups excluding carboxylic acids is 1. The lowest BCUT2D eigenvalue weighted by molar-refractivity contribution is -0.156. The fraction of sp³-hybridized carbons (Fsp3) is 0.562. The number of ether oxygens (including phenoxy) is 2. The van der Waals surface area contributed by atoms with Gasteiger partial charge in [-0.15, -0.1) is 0 Å². The van der Waals surface area contributed by atoms with Crippen LogP contribution in [-0.2, 0) is 20.7 Å². The number of hydrogen-bond acceptors (Lipinski definition) is 3. The predicted molar refractivity (Wildman–Crippen MR) is 73.9 cm³/mol. The molecule has 0 spiro atoms. The van der Waals surface area contributed by atoms with Gasteiger partial charge in [-0.2, -0.15) is 0 Å². The molecule has 19 heavy (non-hydrogen) atoms. The molecular weight excluding hydrogens is 240 g/mol. The molecule has 0 heterocycles. The Kier molecular flexibility index (Phi) is 4.25. The van der Waals surface area contributed by atoms with Gasteiger partial charge in [-0.1, -0.05) is 31.2 Å². The van der Waals surface area contributed by atoms with Crippen LogP contribution in [0.5, 0.6) is 0 Å². The highest BCUT2D eigenvalue weighted by Crippen LogP contribution is 2.35. The van der Waals surface area contributed by atoms with E-state index in [4.69, 9.17) is 9.47 Å². The lowest BCUT2D eigenvalue weighted by Gasteiger charge is -2.30. The van der Waals surface area contributed by atoms with Crippen LogP contribution in [0, 0.1) is 5.41 Å². The summed E-state index contributed by atoms with van der Waals surface area (Å²) in [5.74, 6) is -0.146. The molecule has 3 heteroatoms. The van der Waals surface area contributed by atoms with Crippen LogP contribution in [0.4, 0.5) is 0 Å². The second-order valence-corrected chi connectivity index (χ2v) is 5.64. The molecule has 0 saturated heterocycles. The number of rotatable bonds is 6. The monoisotopic (exact) mass is 262 g/mol. The summed E-state index contributed by atoms with van der Waals surface area (Å²) in [5.41, 5.74) is 2.22. The molecule has 104 valence electrons. The Morgan fingerprint density at radius 3 is 2.74 bits per heavy atom. The first kappa shape index (κ1) is 14.1. The van der Waals surface area contributed by atoms with Gasteiger partial charge in [0.05, 0.1) is 18.1 Å². The van der Waals surface area contributed by atoms with Crippen LogP contribution in [0.3, 0.4) is 0 Å². The summed E-state index contributed by atoms with van der Waals surface area (Å²) < 4.78 is 11.0. The smallest absolute Gasteiger partial charge is 0.311 e. The quantitative estimate of drug-likeness (QED) is 0.583. The number of esters is 1. The lowest BCUT2D eigenvalue weighted by Crippen LogP contribution is -2.28. The third kappa shape index (κ3) is 3.16. The SMILES string of the molecule is CCC(C)(C)C(=O)OCCOC1Cc2ccccc21. The normalized spacial score (nSPS) is 17.5. The highest BCUT2D eigenvalue weighted by Gasteiger charge is 2.28. The fourth-order valence-corrected chi connectivity index (χ4v) is 2.03. The first-order valence-corrected chi connectivity index (χ1v) is 6.91. The second-order valence-electron chi connectivity index (χ2n) is 5.64. The Labute approximate surface area is 114 Å². The minimum Gasteiger partial charge on any atom is -0.463 e. The molecule has 1 aliphatic carbocycles. The zero-order valence-electron chi connectivity index (χ0n) is 11.9. The standard InChI is InChI=1S/C16H22O3/c1-4-16(2,3)15(17)19-10-9-18-14-11-12-7-5-6-8-13(12)14/h5-8,14H,4,9-11H2,1-3H3. The molecule has 0 fully saturated rings. The van der Waals surface area contributed by atoms with E-state index in [1.165, 1.54) is 11.1 Å². The van der Waals surface area contributed by atoms with Gasteiger partial charge in [0.15, 0.2) is 0 Å². The van der Waals surface area contributed by atoms with Crippen molar-refractivity contribution in [2.75, 3.05) is 13.2 Å². The molecule has 0 aromatic heterocycles. The van der Waals surface area contributed by atoms with Crippen molar-refractivity contribution in [2.24, 2.45) is 5.41 Å². The van der Waals surface area contributed by atoms with E-state index in [-0.39, 0.29) is 12.1 Å². The molecule has 0 amide bonds. The number of benzene rings is 1. The Bertz CT molecular complexity index is 451. The molecule has 1 atom stereocenters. The summed E-state index contributed by atoms with van der Waals surface area (Å²) in [7, 11) is 0. The molecule has 0 N–H and O–H groups in total.